The number of pyridine rings is 1. The Labute approximate surface area is 118 Å². The van der Waals surface area contributed by atoms with Crippen molar-refractivity contribution in [3.63, 3.8) is 0 Å². The van der Waals surface area contributed by atoms with E-state index in [9.17, 15) is 4.39 Å². The van der Waals surface area contributed by atoms with Crippen molar-refractivity contribution in [3.05, 3.63) is 53.5 Å². The summed E-state index contributed by atoms with van der Waals surface area (Å²) in [5.74, 6) is 0.723. The maximum absolute atomic E-state index is 13.4. The third kappa shape index (κ3) is 2.59. The highest BCUT2D eigenvalue weighted by molar-refractivity contribution is 5.58. The second kappa shape index (κ2) is 5.49. The zero-order valence-electron chi connectivity index (χ0n) is 11.6. The van der Waals surface area contributed by atoms with Crippen LogP contribution in [0.5, 0.6) is 0 Å². The van der Waals surface area contributed by atoms with Crippen LogP contribution in [0.4, 0.5) is 15.9 Å². The van der Waals surface area contributed by atoms with Gasteiger partial charge in [-0.2, -0.15) is 0 Å². The first-order chi connectivity index (χ1) is 9.76. The highest BCUT2D eigenvalue weighted by Gasteiger charge is 2.19. The Morgan fingerprint density at radius 3 is 2.95 bits per heavy atom. The molecule has 1 aliphatic rings. The fourth-order valence-corrected chi connectivity index (χ4v) is 2.61. The maximum Gasteiger partial charge on any atom is 0.125 e. The van der Waals surface area contributed by atoms with Crippen LogP contribution in [0.2, 0.25) is 0 Å². The van der Waals surface area contributed by atoms with Crippen molar-refractivity contribution in [2.75, 3.05) is 23.3 Å². The molecule has 0 saturated carbocycles. The summed E-state index contributed by atoms with van der Waals surface area (Å²) in [5, 5.41) is 3.18. The van der Waals surface area contributed by atoms with Gasteiger partial charge in [-0.3, -0.25) is 0 Å². The van der Waals surface area contributed by atoms with Crippen molar-refractivity contribution in [3.8, 4) is 0 Å². The number of halogens is 1. The zero-order chi connectivity index (χ0) is 13.9. The van der Waals surface area contributed by atoms with E-state index in [1.165, 1.54) is 11.6 Å². The van der Waals surface area contributed by atoms with Crippen molar-refractivity contribution < 1.29 is 4.39 Å². The number of fused-ring (bicyclic) bond motifs is 1. The van der Waals surface area contributed by atoms with Gasteiger partial charge in [0.2, 0.25) is 0 Å². The summed E-state index contributed by atoms with van der Waals surface area (Å²) in [6.07, 6.45) is 2.87. The topological polar surface area (TPSA) is 28.2 Å². The number of nitrogens with zero attached hydrogens (tertiary/aromatic N) is 2. The second-order valence-corrected chi connectivity index (χ2v) is 5.03. The lowest BCUT2D eigenvalue weighted by atomic mass is 10.1. The molecule has 4 heteroatoms. The lowest BCUT2D eigenvalue weighted by molar-refractivity contribution is 0.627. The molecule has 0 unspecified atom stereocenters. The number of hydrogen-bond acceptors (Lipinski definition) is 3. The summed E-state index contributed by atoms with van der Waals surface area (Å²) in [6.45, 7) is 4.63. The maximum atomic E-state index is 13.4. The van der Waals surface area contributed by atoms with E-state index in [-0.39, 0.29) is 5.82 Å². The quantitative estimate of drug-likeness (QED) is 0.925. The van der Waals surface area contributed by atoms with Gasteiger partial charge < -0.3 is 10.2 Å². The SMILES string of the molecule is CCNc1ccc(CN2CCc3ccc(F)cc32)cn1. The number of rotatable bonds is 4. The lowest BCUT2D eigenvalue weighted by Crippen LogP contribution is -2.19. The standard InChI is InChI=1S/C16H18FN3/c1-2-18-16-6-3-12(10-19-16)11-20-8-7-13-4-5-14(17)9-15(13)20/h3-6,9-10H,2,7-8,11H2,1H3,(H,18,19). The molecule has 0 bridgehead atoms. The van der Waals surface area contributed by atoms with Gasteiger partial charge in [-0.05, 0) is 42.7 Å². The molecule has 3 rings (SSSR count). The molecular weight excluding hydrogens is 253 g/mol. The molecule has 0 saturated heterocycles. The third-order valence-corrected chi connectivity index (χ3v) is 3.60. The average molecular weight is 271 g/mol. The van der Waals surface area contributed by atoms with Gasteiger partial charge in [0.1, 0.15) is 11.6 Å². The van der Waals surface area contributed by atoms with Crippen molar-refractivity contribution in [2.45, 2.75) is 19.9 Å². The van der Waals surface area contributed by atoms with Crippen LogP contribution in [0.15, 0.2) is 36.5 Å². The molecule has 0 aliphatic carbocycles. The number of aromatic nitrogens is 1. The van der Waals surface area contributed by atoms with E-state index in [1.807, 2.05) is 25.3 Å². The van der Waals surface area contributed by atoms with Gasteiger partial charge in [0, 0.05) is 31.5 Å². The fraction of sp³-hybridized carbons (Fsp3) is 0.312. The first-order valence-electron chi connectivity index (χ1n) is 6.98. The molecule has 1 N–H and O–H groups in total. The molecule has 2 aromatic rings. The van der Waals surface area contributed by atoms with E-state index in [0.29, 0.717) is 0 Å². The first-order valence-corrected chi connectivity index (χ1v) is 6.98. The van der Waals surface area contributed by atoms with Crippen LogP contribution in [0.1, 0.15) is 18.1 Å². The minimum atomic E-state index is -0.170. The van der Waals surface area contributed by atoms with Crippen LogP contribution in [0.25, 0.3) is 0 Å². The summed E-state index contributed by atoms with van der Waals surface area (Å²) >= 11 is 0. The van der Waals surface area contributed by atoms with Crippen molar-refractivity contribution in [1.82, 2.24) is 4.98 Å². The van der Waals surface area contributed by atoms with Gasteiger partial charge in [-0.25, -0.2) is 9.37 Å². The van der Waals surface area contributed by atoms with Crippen LogP contribution in [0, 0.1) is 5.82 Å². The highest BCUT2D eigenvalue weighted by atomic mass is 19.1. The van der Waals surface area contributed by atoms with Crippen LogP contribution in [-0.2, 0) is 13.0 Å². The zero-order valence-corrected chi connectivity index (χ0v) is 11.6. The predicted octanol–water partition coefficient (Wildman–Crippen LogP) is 3.22. The number of nitrogens with one attached hydrogen (secondary N) is 1. The monoisotopic (exact) mass is 271 g/mol. The molecule has 0 amide bonds. The van der Waals surface area contributed by atoms with Crippen molar-refractivity contribution >= 4 is 11.5 Å². The summed E-state index contributed by atoms with van der Waals surface area (Å²) in [6, 6.07) is 9.11. The van der Waals surface area contributed by atoms with E-state index < -0.39 is 0 Å². The van der Waals surface area contributed by atoms with E-state index in [0.717, 1.165) is 43.1 Å². The molecule has 2 heterocycles. The molecule has 104 valence electrons. The Bertz CT molecular complexity index is 595. The van der Waals surface area contributed by atoms with Crippen LogP contribution >= 0.6 is 0 Å². The normalized spacial score (nSPS) is 13.4. The Morgan fingerprint density at radius 2 is 2.20 bits per heavy atom. The fourth-order valence-electron chi connectivity index (χ4n) is 2.61. The largest absolute Gasteiger partial charge is 0.370 e. The van der Waals surface area contributed by atoms with Gasteiger partial charge in [-0.15, -0.1) is 0 Å². The van der Waals surface area contributed by atoms with Gasteiger partial charge in [0.05, 0.1) is 0 Å². The molecule has 1 aromatic heterocycles. The average Bonchev–Trinajstić information content (AvgIpc) is 2.84. The molecule has 0 radical (unpaired) electrons. The van der Waals surface area contributed by atoms with Gasteiger partial charge >= 0.3 is 0 Å². The molecular formula is C16H18FN3. The van der Waals surface area contributed by atoms with Gasteiger partial charge in [0.15, 0.2) is 0 Å². The molecule has 1 aliphatic heterocycles. The highest BCUT2D eigenvalue weighted by Crippen LogP contribution is 2.29. The van der Waals surface area contributed by atoms with Gasteiger partial charge in [0.25, 0.3) is 0 Å². The molecule has 0 fully saturated rings. The summed E-state index contributed by atoms with van der Waals surface area (Å²) in [5.41, 5.74) is 3.38. The van der Waals surface area contributed by atoms with Gasteiger partial charge in [-0.1, -0.05) is 12.1 Å². The molecule has 1 aromatic carbocycles. The Kier molecular flexibility index (Phi) is 3.54. The van der Waals surface area contributed by atoms with E-state index >= 15 is 0 Å². The number of hydrogen-bond donors (Lipinski definition) is 1. The van der Waals surface area contributed by atoms with E-state index in [4.69, 9.17) is 0 Å². The predicted molar refractivity (Wildman–Crippen MR) is 79.6 cm³/mol. The van der Waals surface area contributed by atoms with Crippen LogP contribution in [0.3, 0.4) is 0 Å². The minimum absolute atomic E-state index is 0.170. The number of benzene rings is 1. The number of anilines is 2. The van der Waals surface area contributed by atoms with E-state index in [2.05, 4.69) is 21.3 Å². The molecule has 0 spiro atoms. The Morgan fingerprint density at radius 1 is 1.30 bits per heavy atom. The molecule has 3 nitrogen and oxygen atoms in total. The molecule has 20 heavy (non-hydrogen) atoms. The van der Waals surface area contributed by atoms with E-state index in [1.54, 1.807) is 6.07 Å². The molecule has 0 atom stereocenters. The lowest BCUT2D eigenvalue weighted by Gasteiger charge is -2.19. The van der Waals surface area contributed by atoms with Crippen LogP contribution in [-0.4, -0.2) is 18.1 Å². The smallest absolute Gasteiger partial charge is 0.125 e. The van der Waals surface area contributed by atoms with Crippen molar-refractivity contribution in [1.29, 1.82) is 0 Å². The minimum Gasteiger partial charge on any atom is -0.370 e. The summed E-state index contributed by atoms with van der Waals surface area (Å²) in [7, 11) is 0. The third-order valence-electron chi connectivity index (χ3n) is 3.60. The Balaban J connectivity index is 1.75. The van der Waals surface area contributed by atoms with Crippen LogP contribution < -0.4 is 10.2 Å². The summed E-state index contributed by atoms with van der Waals surface area (Å²) in [4.78, 5) is 6.58. The van der Waals surface area contributed by atoms with Crippen molar-refractivity contribution in [2.24, 2.45) is 0 Å². The first kappa shape index (κ1) is 12.9. The summed E-state index contributed by atoms with van der Waals surface area (Å²) < 4.78 is 13.4. The second-order valence-electron chi connectivity index (χ2n) is 5.03. The Hall–Kier alpha value is -2.10.